The Morgan fingerprint density at radius 2 is 1.87 bits per heavy atom. The Labute approximate surface area is 95.3 Å². The monoisotopic (exact) mass is 225 g/mol. The predicted octanol–water partition coefficient (Wildman–Crippen LogP) is 3.26. The summed E-state index contributed by atoms with van der Waals surface area (Å²) >= 11 is 5.78. The van der Waals surface area contributed by atoms with Gasteiger partial charge in [0.2, 0.25) is 0 Å². The Morgan fingerprint density at radius 1 is 1.13 bits per heavy atom. The molecule has 1 aromatic heterocycles. The Hall–Kier alpha value is -0.830. The first-order chi connectivity index (χ1) is 7.34. The molecule has 1 aliphatic rings. The normalized spacial score (nSPS) is 18.5. The van der Waals surface area contributed by atoms with Gasteiger partial charge in [0.05, 0.1) is 12.4 Å². The number of nitrogens with zero attached hydrogens (tertiary/aromatic N) is 2. The molecule has 0 aromatic carbocycles. The van der Waals surface area contributed by atoms with E-state index in [1.807, 2.05) is 0 Å². The quantitative estimate of drug-likeness (QED) is 0.786. The third kappa shape index (κ3) is 3.34. The van der Waals surface area contributed by atoms with Gasteiger partial charge >= 0.3 is 0 Å². The van der Waals surface area contributed by atoms with Crippen LogP contribution in [0.2, 0.25) is 5.15 Å². The topological polar surface area (TPSA) is 37.8 Å². The fourth-order valence-electron chi connectivity index (χ4n) is 2.04. The minimum Gasteiger partial charge on any atom is -0.366 e. The second-order valence-corrected chi connectivity index (χ2v) is 4.45. The van der Waals surface area contributed by atoms with Crippen molar-refractivity contribution in [2.24, 2.45) is 0 Å². The van der Waals surface area contributed by atoms with Gasteiger partial charge in [0.15, 0.2) is 0 Å². The summed E-state index contributed by atoms with van der Waals surface area (Å²) in [7, 11) is 0. The average Bonchev–Trinajstić information content (AvgIpc) is 2.46. The largest absolute Gasteiger partial charge is 0.366 e. The number of hydrogen-bond acceptors (Lipinski definition) is 3. The van der Waals surface area contributed by atoms with Gasteiger partial charge in [0.1, 0.15) is 11.0 Å². The van der Waals surface area contributed by atoms with Crippen molar-refractivity contribution in [3.63, 3.8) is 0 Å². The molecule has 1 saturated carbocycles. The van der Waals surface area contributed by atoms with Crippen molar-refractivity contribution < 1.29 is 0 Å². The number of anilines is 1. The van der Waals surface area contributed by atoms with Gasteiger partial charge in [-0.05, 0) is 12.8 Å². The van der Waals surface area contributed by atoms with Gasteiger partial charge in [0.25, 0.3) is 0 Å². The first kappa shape index (κ1) is 10.7. The van der Waals surface area contributed by atoms with Crippen molar-refractivity contribution in [2.75, 3.05) is 5.32 Å². The molecule has 4 heteroatoms. The summed E-state index contributed by atoms with van der Waals surface area (Å²) in [6.45, 7) is 0. The lowest BCUT2D eigenvalue weighted by Gasteiger charge is -2.16. The van der Waals surface area contributed by atoms with Crippen LogP contribution in [-0.2, 0) is 0 Å². The van der Waals surface area contributed by atoms with E-state index < -0.39 is 0 Å². The summed E-state index contributed by atoms with van der Waals surface area (Å²) in [5.41, 5.74) is 0. The molecule has 0 amide bonds. The molecule has 0 spiro atoms. The Kier molecular flexibility index (Phi) is 3.78. The number of halogens is 1. The summed E-state index contributed by atoms with van der Waals surface area (Å²) in [4.78, 5) is 8.21. The molecule has 0 radical (unpaired) electrons. The smallest absolute Gasteiger partial charge is 0.149 e. The summed E-state index contributed by atoms with van der Waals surface area (Å²) in [5, 5.41) is 3.86. The van der Waals surface area contributed by atoms with Gasteiger partial charge in [-0.2, -0.15) is 0 Å². The number of hydrogen-bond donors (Lipinski definition) is 1. The van der Waals surface area contributed by atoms with Crippen LogP contribution >= 0.6 is 11.6 Å². The van der Waals surface area contributed by atoms with Gasteiger partial charge in [-0.3, -0.25) is 4.98 Å². The summed E-state index contributed by atoms with van der Waals surface area (Å²) in [5.74, 6) is 0.800. The van der Waals surface area contributed by atoms with Crippen LogP contribution in [0.15, 0.2) is 12.4 Å². The summed E-state index contributed by atoms with van der Waals surface area (Å²) < 4.78 is 0. The lowest BCUT2D eigenvalue weighted by molar-refractivity contribution is 0.617. The zero-order valence-electron chi connectivity index (χ0n) is 8.75. The first-order valence-electron chi connectivity index (χ1n) is 5.59. The zero-order chi connectivity index (χ0) is 10.5. The van der Waals surface area contributed by atoms with E-state index in [1.165, 1.54) is 38.5 Å². The molecule has 15 heavy (non-hydrogen) atoms. The van der Waals surface area contributed by atoms with Crippen molar-refractivity contribution in [2.45, 2.75) is 44.6 Å². The standard InChI is InChI=1S/C11H16ClN3/c12-10-7-13-8-11(15-10)14-9-5-3-1-2-4-6-9/h7-9H,1-6H2,(H,14,15). The fourth-order valence-corrected chi connectivity index (χ4v) is 2.19. The minimum atomic E-state index is 0.452. The van der Waals surface area contributed by atoms with E-state index in [2.05, 4.69) is 15.3 Å². The summed E-state index contributed by atoms with van der Waals surface area (Å²) in [6, 6.07) is 0.542. The van der Waals surface area contributed by atoms with Crippen LogP contribution in [0.1, 0.15) is 38.5 Å². The first-order valence-corrected chi connectivity index (χ1v) is 5.96. The van der Waals surface area contributed by atoms with Crippen molar-refractivity contribution in [3.05, 3.63) is 17.5 Å². The second-order valence-electron chi connectivity index (χ2n) is 4.06. The Morgan fingerprint density at radius 3 is 2.53 bits per heavy atom. The molecule has 2 rings (SSSR count). The molecular formula is C11H16ClN3. The van der Waals surface area contributed by atoms with Crippen LogP contribution in [0, 0.1) is 0 Å². The van der Waals surface area contributed by atoms with Crippen LogP contribution in [0.3, 0.4) is 0 Å². The zero-order valence-corrected chi connectivity index (χ0v) is 9.50. The highest BCUT2D eigenvalue weighted by atomic mass is 35.5. The molecule has 1 N–H and O–H groups in total. The maximum atomic E-state index is 5.78. The van der Waals surface area contributed by atoms with Crippen LogP contribution < -0.4 is 5.32 Å². The number of aromatic nitrogens is 2. The third-order valence-electron chi connectivity index (χ3n) is 2.81. The molecule has 0 bridgehead atoms. The highest BCUT2D eigenvalue weighted by Gasteiger charge is 2.12. The van der Waals surface area contributed by atoms with E-state index in [0.29, 0.717) is 11.2 Å². The van der Waals surface area contributed by atoms with Gasteiger partial charge in [-0.1, -0.05) is 37.3 Å². The van der Waals surface area contributed by atoms with Crippen molar-refractivity contribution in [1.29, 1.82) is 0 Å². The highest BCUT2D eigenvalue weighted by Crippen LogP contribution is 2.20. The second kappa shape index (κ2) is 5.31. The molecular weight excluding hydrogens is 210 g/mol. The number of rotatable bonds is 2. The molecule has 0 atom stereocenters. The van der Waals surface area contributed by atoms with Crippen LogP contribution in [0.4, 0.5) is 5.82 Å². The molecule has 1 fully saturated rings. The van der Waals surface area contributed by atoms with Crippen LogP contribution in [0.5, 0.6) is 0 Å². The van der Waals surface area contributed by atoms with Gasteiger partial charge in [-0.15, -0.1) is 0 Å². The third-order valence-corrected chi connectivity index (χ3v) is 2.99. The Bertz CT molecular complexity index is 308. The van der Waals surface area contributed by atoms with E-state index in [9.17, 15) is 0 Å². The summed E-state index contributed by atoms with van der Waals surface area (Å²) in [6.07, 6.45) is 11.1. The van der Waals surface area contributed by atoms with Crippen molar-refractivity contribution in [1.82, 2.24) is 9.97 Å². The lowest BCUT2D eigenvalue weighted by Crippen LogP contribution is -2.19. The van der Waals surface area contributed by atoms with E-state index >= 15 is 0 Å². The minimum absolute atomic E-state index is 0.452. The maximum absolute atomic E-state index is 5.78. The highest BCUT2D eigenvalue weighted by molar-refractivity contribution is 6.29. The van der Waals surface area contributed by atoms with Crippen LogP contribution in [-0.4, -0.2) is 16.0 Å². The van der Waals surface area contributed by atoms with Crippen LogP contribution in [0.25, 0.3) is 0 Å². The van der Waals surface area contributed by atoms with Gasteiger partial charge in [0, 0.05) is 6.04 Å². The molecule has 3 nitrogen and oxygen atoms in total. The average molecular weight is 226 g/mol. The molecule has 0 saturated heterocycles. The van der Waals surface area contributed by atoms with E-state index in [0.717, 1.165) is 5.82 Å². The molecule has 0 unspecified atom stereocenters. The molecule has 82 valence electrons. The van der Waals surface area contributed by atoms with Crippen molar-refractivity contribution >= 4 is 17.4 Å². The van der Waals surface area contributed by atoms with Gasteiger partial charge in [-0.25, -0.2) is 4.98 Å². The lowest BCUT2D eigenvalue weighted by atomic mass is 10.1. The van der Waals surface area contributed by atoms with E-state index in [4.69, 9.17) is 11.6 Å². The maximum Gasteiger partial charge on any atom is 0.149 e. The molecule has 1 aliphatic carbocycles. The predicted molar refractivity (Wildman–Crippen MR) is 62.2 cm³/mol. The molecule has 1 heterocycles. The van der Waals surface area contributed by atoms with E-state index in [1.54, 1.807) is 12.4 Å². The van der Waals surface area contributed by atoms with Crippen molar-refractivity contribution in [3.8, 4) is 0 Å². The number of nitrogens with one attached hydrogen (secondary N) is 1. The fraction of sp³-hybridized carbons (Fsp3) is 0.636. The molecule has 0 aliphatic heterocycles. The van der Waals surface area contributed by atoms with Gasteiger partial charge < -0.3 is 5.32 Å². The van der Waals surface area contributed by atoms with E-state index in [-0.39, 0.29) is 0 Å². The SMILES string of the molecule is Clc1cncc(NC2CCCCCC2)n1. The Balaban J connectivity index is 1.95. The molecule has 1 aromatic rings.